The van der Waals surface area contributed by atoms with Gasteiger partial charge in [0, 0.05) is 49.1 Å². The molecule has 3 saturated carbocycles. The number of halogens is 2. The normalized spacial score (nSPS) is 20.8. The van der Waals surface area contributed by atoms with Crippen LogP contribution in [0, 0.1) is 17.2 Å². The molecule has 11 nitrogen and oxygen atoms in total. The maximum atomic E-state index is 13.6. The molecule has 0 radical (unpaired) electrons. The maximum Gasteiger partial charge on any atom is 0.291 e. The van der Waals surface area contributed by atoms with Crippen LogP contribution in [0.5, 0.6) is 0 Å². The maximum absolute atomic E-state index is 13.6. The number of benzene rings is 1. The van der Waals surface area contributed by atoms with Crippen molar-refractivity contribution in [3.63, 3.8) is 0 Å². The van der Waals surface area contributed by atoms with Gasteiger partial charge in [0.2, 0.25) is 21.1 Å². The summed E-state index contributed by atoms with van der Waals surface area (Å²) >= 11 is 0.707. The highest BCUT2D eigenvalue weighted by Crippen LogP contribution is 2.47. The summed E-state index contributed by atoms with van der Waals surface area (Å²) in [6, 6.07) is 5.14. The van der Waals surface area contributed by atoms with Gasteiger partial charge in [-0.3, -0.25) is 4.79 Å². The van der Waals surface area contributed by atoms with Gasteiger partial charge in [0.15, 0.2) is 5.01 Å². The Kier molecular flexibility index (Phi) is 5.88. The number of fused-ring (bicyclic) bond motifs is 1. The van der Waals surface area contributed by atoms with Crippen LogP contribution >= 0.6 is 11.3 Å². The zero-order valence-corrected chi connectivity index (χ0v) is 23.0. The molecule has 1 saturated heterocycles. The van der Waals surface area contributed by atoms with E-state index in [1.807, 2.05) is 4.90 Å². The number of amides is 1. The Labute approximate surface area is 232 Å². The molecular weight excluding hydrogens is 562 g/mol. The van der Waals surface area contributed by atoms with Crippen molar-refractivity contribution < 1.29 is 22.0 Å². The van der Waals surface area contributed by atoms with Crippen LogP contribution in [0.25, 0.3) is 16.0 Å². The first-order valence-corrected chi connectivity index (χ1v) is 15.7. The molecule has 40 heavy (non-hydrogen) atoms. The van der Waals surface area contributed by atoms with E-state index in [0.717, 1.165) is 36.8 Å². The van der Waals surface area contributed by atoms with E-state index in [4.69, 9.17) is 5.10 Å². The minimum atomic E-state index is -4.11. The summed E-state index contributed by atoms with van der Waals surface area (Å²) in [6.07, 6.45) is 1.76. The van der Waals surface area contributed by atoms with Crippen molar-refractivity contribution in [1.82, 2.24) is 29.6 Å². The van der Waals surface area contributed by atoms with Crippen LogP contribution in [0.3, 0.4) is 0 Å². The molecule has 0 bridgehead atoms. The average molecular weight is 589 g/mol. The summed E-state index contributed by atoms with van der Waals surface area (Å²) in [7, 11) is -4.11. The van der Waals surface area contributed by atoms with Crippen LogP contribution < -0.4 is 9.62 Å². The lowest BCUT2D eigenvalue weighted by atomic mass is 10.1. The van der Waals surface area contributed by atoms with Crippen molar-refractivity contribution in [3.8, 4) is 11.2 Å². The first kappa shape index (κ1) is 25.7. The second-order valence-electron chi connectivity index (χ2n) is 11.0. The number of piperazine rings is 1. The molecule has 2 aromatic heterocycles. The fourth-order valence-corrected chi connectivity index (χ4v) is 7.34. The van der Waals surface area contributed by atoms with Crippen LogP contribution in [0.1, 0.15) is 61.6 Å². The third kappa shape index (κ3) is 4.51. The number of rotatable bonds is 8. The molecule has 1 aliphatic heterocycles. The lowest BCUT2D eigenvalue weighted by Gasteiger charge is -2.36. The second-order valence-corrected chi connectivity index (χ2v) is 13.7. The van der Waals surface area contributed by atoms with Gasteiger partial charge in [-0.15, -0.1) is 10.2 Å². The van der Waals surface area contributed by atoms with Gasteiger partial charge in [-0.05, 0) is 50.7 Å². The molecule has 3 aliphatic carbocycles. The molecule has 210 valence electrons. The first-order chi connectivity index (χ1) is 19.2. The summed E-state index contributed by atoms with van der Waals surface area (Å²) < 4.78 is 57.8. The molecule has 15 heteroatoms. The van der Waals surface area contributed by atoms with E-state index in [1.165, 1.54) is 10.7 Å². The molecule has 4 aliphatic rings. The third-order valence-corrected chi connectivity index (χ3v) is 10.4. The van der Waals surface area contributed by atoms with Crippen molar-refractivity contribution in [2.45, 2.75) is 61.3 Å². The minimum Gasteiger partial charge on any atom is -0.367 e. The Morgan fingerprint density at radius 2 is 1.85 bits per heavy atom. The average Bonchev–Trinajstić information content (AvgIpc) is 3.88. The quantitative estimate of drug-likeness (QED) is 0.424. The van der Waals surface area contributed by atoms with Crippen LogP contribution in [0.2, 0.25) is 0 Å². The van der Waals surface area contributed by atoms with Crippen molar-refractivity contribution in [1.29, 1.82) is 5.26 Å². The topological polar surface area (TPSA) is 137 Å². The fraction of sp³-hybridized carbons (Fsp3) is 0.560. The van der Waals surface area contributed by atoms with Crippen LogP contribution in [0.4, 0.5) is 14.5 Å². The van der Waals surface area contributed by atoms with Crippen molar-refractivity contribution in [2.75, 3.05) is 31.1 Å². The predicted octanol–water partition coefficient (Wildman–Crippen LogP) is 3.09. The van der Waals surface area contributed by atoms with Gasteiger partial charge in [-0.1, -0.05) is 11.3 Å². The van der Waals surface area contributed by atoms with E-state index in [1.54, 1.807) is 6.07 Å². The Morgan fingerprint density at radius 1 is 1.12 bits per heavy atom. The van der Waals surface area contributed by atoms with Crippen LogP contribution in [0.15, 0.2) is 17.0 Å². The number of nitriles is 1. The largest absolute Gasteiger partial charge is 0.367 e. The van der Waals surface area contributed by atoms with Gasteiger partial charge in [0.1, 0.15) is 5.54 Å². The van der Waals surface area contributed by atoms with Crippen molar-refractivity contribution in [2.24, 2.45) is 5.92 Å². The molecule has 0 unspecified atom stereocenters. The summed E-state index contributed by atoms with van der Waals surface area (Å²) in [6.45, 7) is 2.06. The monoisotopic (exact) mass is 588 g/mol. The third-order valence-electron chi connectivity index (χ3n) is 7.99. The molecule has 0 spiro atoms. The van der Waals surface area contributed by atoms with E-state index in [0.29, 0.717) is 61.6 Å². The molecule has 3 aromatic rings. The zero-order chi connectivity index (χ0) is 27.8. The number of nitrogens with zero attached hydrogens (tertiary/aromatic N) is 7. The number of carbonyl (C=O) groups is 1. The number of alkyl halides is 2. The summed E-state index contributed by atoms with van der Waals surface area (Å²) in [5.74, 6) is 0.461. The van der Waals surface area contributed by atoms with Crippen molar-refractivity contribution in [3.05, 3.63) is 22.8 Å². The van der Waals surface area contributed by atoms with Gasteiger partial charge in [-0.25, -0.2) is 21.9 Å². The summed E-state index contributed by atoms with van der Waals surface area (Å²) in [5, 5.41) is 22.3. The molecule has 1 N–H and O–H groups in total. The van der Waals surface area contributed by atoms with Gasteiger partial charge < -0.3 is 9.80 Å². The number of hydrogen-bond acceptors (Lipinski definition) is 9. The highest BCUT2D eigenvalue weighted by atomic mass is 32.2. The van der Waals surface area contributed by atoms with Gasteiger partial charge in [-0.2, -0.15) is 15.1 Å². The number of anilines is 1. The number of sulfonamides is 1. The Balaban J connectivity index is 1.35. The molecule has 4 fully saturated rings. The lowest BCUT2D eigenvalue weighted by molar-refractivity contribution is -0.132. The van der Waals surface area contributed by atoms with Gasteiger partial charge in [0.05, 0.1) is 22.2 Å². The van der Waals surface area contributed by atoms with Crippen LogP contribution in [-0.4, -0.2) is 70.9 Å². The molecular formula is C25H26F2N8O3S2. The highest BCUT2D eigenvalue weighted by Gasteiger charge is 2.47. The second kappa shape index (κ2) is 9.15. The number of carbonyl (C=O) groups excluding carboxylic acids is 1. The number of nitrogens with one attached hydrogen (secondary N) is 1. The van der Waals surface area contributed by atoms with E-state index in [9.17, 15) is 27.3 Å². The van der Waals surface area contributed by atoms with E-state index in [-0.39, 0.29) is 27.8 Å². The van der Waals surface area contributed by atoms with Gasteiger partial charge >= 0.3 is 0 Å². The lowest BCUT2D eigenvalue weighted by Crippen LogP contribution is -2.49. The Morgan fingerprint density at radius 3 is 2.42 bits per heavy atom. The first-order valence-electron chi connectivity index (χ1n) is 13.4. The molecule has 7 rings (SSSR count). The van der Waals surface area contributed by atoms with E-state index < -0.39 is 27.0 Å². The number of hydrogen-bond donors (Lipinski definition) is 1. The fourth-order valence-electron chi connectivity index (χ4n) is 5.25. The summed E-state index contributed by atoms with van der Waals surface area (Å²) in [5.41, 5.74) is 0.732. The smallest absolute Gasteiger partial charge is 0.291 e. The Hall–Kier alpha value is -3.22. The predicted molar refractivity (Wildman–Crippen MR) is 141 cm³/mol. The van der Waals surface area contributed by atoms with Gasteiger partial charge in [0.25, 0.3) is 6.43 Å². The minimum absolute atomic E-state index is 0.0462. The van der Waals surface area contributed by atoms with E-state index in [2.05, 4.69) is 25.9 Å². The number of aromatic nitrogens is 4. The van der Waals surface area contributed by atoms with E-state index >= 15 is 0 Å². The highest BCUT2D eigenvalue weighted by molar-refractivity contribution is 7.89. The molecule has 1 aromatic carbocycles. The summed E-state index contributed by atoms with van der Waals surface area (Å²) in [4.78, 5) is 16.5. The molecule has 1 amide bonds. The SMILES string of the molecule is N#CC1(NS(=O)(=O)c2cc(N3CCN(C(=O)C4CC4)CC3)c3c(C4CC4)nn(-c4nnc(C(F)F)s4)c3c2)CC1. The zero-order valence-electron chi connectivity index (χ0n) is 21.4. The molecule has 3 heterocycles. The van der Waals surface area contributed by atoms with Crippen LogP contribution in [-0.2, 0) is 14.8 Å². The molecule has 0 atom stereocenters. The van der Waals surface area contributed by atoms with Crippen molar-refractivity contribution >= 4 is 43.9 Å². The Bertz CT molecular complexity index is 1660. The standard InChI is InChI=1S/C25H26F2N8O3S2/c26-21(27)22-29-30-24(39-22)35-18-12-16(40(37,38)32-25(13-28)5-6-25)11-17(19(18)20(31-35)14-1-2-14)33-7-9-34(10-8-33)23(36)15-3-4-15/h11-12,14-15,21,32H,1-10H2.